The van der Waals surface area contributed by atoms with E-state index in [1.165, 1.54) is 0 Å². The van der Waals surface area contributed by atoms with Crippen molar-refractivity contribution in [1.82, 2.24) is 9.80 Å². The minimum Gasteiger partial charge on any atom is -0.497 e. The van der Waals surface area contributed by atoms with E-state index in [1.807, 2.05) is 53.4 Å². The van der Waals surface area contributed by atoms with Gasteiger partial charge in [0.1, 0.15) is 22.5 Å². The number of hydrogen-bond acceptors (Lipinski definition) is 6. The first-order valence-corrected chi connectivity index (χ1v) is 12.7. The van der Waals surface area contributed by atoms with Crippen molar-refractivity contribution in [3.8, 4) is 11.5 Å². The van der Waals surface area contributed by atoms with Crippen LogP contribution in [0.2, 0.25) is 0 Å². The Morgan fingerprint density at radius 1 is 1.00 bits per heavy atom. The predicted molar refractivity (Wildman–Crippen MR) is 130 cm³/mol. The van der Waals surface area contributed by atoms with E-state index in [4.69, 9.17) is 9.47 Å². The number of thioether (sulfide) groups is 1. The summed E-state index contributed by atoms with van der Waals surface area (Å²) in [5, 5.41) is 11.6. The van der Waals surface area contributed by atoms with Crippen molar-refractivity contribution < 1.29 is 24.2 Å². The Hall–Kier alpha value is -2.71. The van der Waals surface area contributed by atoms with Gasteiger partial charge < -0.3 is 24.4 Å². The van der Waals surface area contributed by atoms with Crippen LogP contribution in [0, 0.1) is 0 Å². The fourth-order valence-corrected chi connectivity index (χ4v) is 7.01. The van der Waals surface area contributed by atoms with Crippen LogP contribution in [0.5, 0.6) is 11.5 Å². The lowest BCUT2D eigenvalue weighted by Crippen LogP contribution is -2.60. The number of aliphatic hydroxyl groups is 1. The maximum absolute atomic E-state index is 13.9. The molecule has 2 heterocycles. The topological polar surface area (TPSA) is 79.3 Å². The summed E-state index contributed by atoms with van der Waals surface area (Å²) in [7, 11) is 3.24. The molecule has 4 unspecified atom stereocenters. The van der Waals surface area contributed by atoms with Gasteiger partial charge in [-0.1, -0.05) is 24.3 Å². The summed E-state index contributed by atoms with van der Waals surface area (Å²) in [6.45, 7) is 0.329. The highest BCUT2D eigenvalue weighted by Gasteiger charge is 2.61. The average Bonchev–Trinajstić information content (AvgIpc) is 3.41. The number of carbonyl (C=O) groups excluding carboxylic acids is 2. The quantitative estimate of drug-likeness (QED) is 0.671. The van der Waals surface area contributed by atoms with E-state index in [1.54, 1.807) is 30.9 Å². The summed E-state index contributed by atoms with van der Waals surface area (Å²) < 4.78 is 10.5. The first-order chi connectivity index (χ1) is 16.5. The lowest BCUT2D eigenvalue weighted by atomic mass is 9.75. The minimum absolute atomic E-state index is 0.136. The van der Waals surface area contributed by atoms with E-state index < -0.39 is 11.6 Å². The van der Waals surface area contributed by atoms with Crippen molar-refractivity contribution in [2.24, 2.45) is 0 Å². The van der Waals surface area contributed by atoms with Crippen LogP contribution in [0.25, 0.3) is 0 Å². The van der Waals surface area contributed by atoms with Crippen molar-refractivity contribution in [1.29, 1.82) is 0 Å². The molecule has 3 fully saturated rings. The molecule has 7 nitrogen and oxygen atoms in total. The molecule has 0 spiro atoms. The van der Waals surface area contributed by atoms with E-state index >= 15 is 0 Å². The second-order valence-corrected chi connectivity index (χ2v) is 10.3. The van der Waals surface area contributed by atoms with Crippen LogP contribution in [0.1, 0.15) is 42.2 Å². The molecule has 180 valence electrons. The Morgan fingerprint density at radius 3 is 2.26 bits per heavy atom. The molecule has 2 aliphatic heterocycles. The molecule has 1 aliphatic carbocycles. The number of ether oxygens (including phenoxy) is 2. The van der Waals surface area contributed by atoms with Crippen LogP contribution in [0.4, 0.5) is 4.79 Å². The van der Waals surface area contributed by atoms with Crippen molar-refractivity contribution in [3.63, 3.8) is 0 Å². The number of Topliss-reactive ketones (excluding diaryl/α,β-unsaturated/α-hetero) is 1. The number of carbonyl (C=O) groups is 2. The van der Waals surface area contributed by atoms with Gasteiger partial charge in [-0.3, -0.25) is 4.79 Å². The zero-order valence-corrected chi connectivity index (χ0v) is 20.3. The molecule has 0 radical (unpaired) electrons. The summed E-state index contributed by atoms with van der Waals surface area (Å²) in [4.78, 5) is 30.6. The Kier molecular flexibility index (Phi) is 6.20. The Labute approximate surface area is 204 Å². The number of urea groups is 1. The summed E-state index contributed by atoms with van der Waals surface area (Å²) in [5.41, 5.74) is 0.421. The minimum atomic E-state index is -1.52. The Balaban J connectivity index is 1.50. The summed E-state index contributed by atoms with van der Waals surface area (Å²) in [6.07, 6.45) is 2.33. The van der Waals surface area contributed by atoms with E-state index in [-0.39, 0.29) is 23.2 Å². The Morgan fingerprint density at radius 2 is 1.65 bits per heavy atom. The number of fused-ring (bicyclic) bond motifs is 1. The number of hydrogen-bond donors (Lipinski definition) is 1. The van der Waals surface area contributed by atoms with E-state index in [0.29, 0.717) is 25.1 Å². The molecular formula is C26H30N2O5S. The number of methoxy groups -OCH3 is 2. The van der Waals surface area contributed by atoms with Gasteiger partial charge in [0.2, 0.25) is 0 Å². The average molecular weight is 483 g/mol. The van der Waals surface area contributed by atoms with Crippen molar-refractivity contribution in [3.05, 3.63) is 59.7 Å². The van der Waals surface area contributed by atoms with E-state index in [0.717, 1.165) is 35.5 Å². The molecule has 2 aromatic carbocycles. The van der Waals surface area contributed by atoms with Crippen LogP contribution in [0.15, 0.2) is 48.5 Å². The maximum atomic E-state index is 13.9. The molecular weight excluding hydrogens is 452 g/mol. The highest BCUT2D eigenvalue weighted by atomic mass is 32.2. The van der Waals surface area contributed by atoms with Crippen LogP contribution >= 0.6 is 11.8 Å². The van der Waals surface area contributed by atoms with E-state index in [9.17, 15) is 14.7 Å². The van der Waals surface area contributed by atoms with Gasteiger partial charge in [0.15, 0.2) is 5.78 Å². The number of benzene rings is 2. The van der Waals surface area contributed by atoms with Gasteiger partial charge in [0, 0.05) is 18.7 Å². The highest BCUT2D eigenvalue weighted by molar-refractivity contribution is 7.99. The maximum Gasteiger partial charge on any atom is 0.322 e. The second kappa shape index (κ2) is 9.15. The summed E-state index contributed by atoms with van der Waals surface area (Å²) >= 11 is 1.68. The van der Waals surface area contributed by atoms with Crippen molar-refractivity contribution >= 4 is 23.6 Å². The zero-order valence-electron chi connectivity index (χ0n) is 19.5. The molecule has 8 heteroatoms. The zero-order chi connectivity index (χ0) is 23.9. The van der Waals surface area contributed by atoms with Crippen LogP contribution in [-0.2, 0) is 11.3 Å². The molecule has 5 rings (SSSR count). The van der Waals surface area contributed by atoms with Crippen LogP contribution in [0.3, 0.4) is 0 Å². The third-order valence-corrected chi connectivity index (χ3v) is 8.65. The molecule has 3 aliphatic rings. The standard InChI is InChI=1S/C26H30N2O5S/c1-32-19-10-6-17(7-11-19)15-27-23(26(31)14-4-3-5-22(26)29)21-16-34-24(28(21)25(27)30)18-8-12-20(33-2)13-9-18/h6-13,21,23-24,31H,3-5,14-16H2,1-2H3. The van der Waals surface area contributed by atoms with Crippen LogP contribution in [-0.4, -0.2) is 64.4 Å². The van der Waals surface area contributed by atoms with Gasteiger partial charge in [0.05, 0.1) is 26.3 Å². The number of ketones is 1. The van der Waals surface area contributed by atoms with Crippen molar-refractivity contribution in [2.75, 3.05) is 20.0 Å². The SMILES string of the molecule is COc1ccc(CN2C(=O)N3C(c4ccc(OC)cc4)SCC3C2C2(O)CCCCC2=O)cc1. The molecule has 0 bridgehead atoms. The van der Waals surface area contributed by atoms with Gasteiger partial charge in [-0.05, 0) is 54.7 Å². The molecule has 1 saturated carbocycles. The molecule has 0 aromatic heterocycles. The largest absolute Gasteiger partial charge is 0.497 e. The molecule has 1 N–H and O–H groups in total. The number of amides is 2. The molecule has 2 amide bonds. The lowest BCUT2D eigenvalue weighted by molar-refractivity contribution is -0.148. The van der Waals surface area contributed by atoms with Crippen molar-refractivity contribution in [2.45, 2.75) is 55.3 Å². The summed E-state index contributed by atoms with van der Waals surface area (Å²) in [5.74, 6) is 2.03. The Bertz CT molecular complexity index is 1060. The highest BCUT2D eigenvalue weighted by Crippen LogP contribution is 2.50. The first-order valence-electron chi connectivity index (χ1n) is 11.7. The number of nitrogens with zero attached hydrogens (tertiary/aromatic N) is 2. The molecule has 2 aromatic rings. The second-order valence-electron chi connectivity index (χ2n) is 9.19. The molecule has 2 saturated heterocycles. The van der Waals surface area contributed by atoms with Gasteiger partial charge in [-0.25, -0.2) is 4.79 Å². The molecule has 4 atom stereocenters. The normalized spacial score (nSPS) is 28.9. The molecule has 34 heavy (non-hydrogen) atoms. The fourth-order valence-electron chi connectivity index (χ4n) is 5.53. The summed E-state index contributed by atoms with van der Waals surface area (Å²) in [6, 6.07) is 14.4. The fraction of sp³-hybridized carbons (Fsp3) is 0.462. The van der Waals surface area contributed by atoms with Crippen LogP contribution < -0.4 is 9.47 Å². The van der Waals surface area contributed by atoms with Gasteiger partial charge in [-0.2, -0.15) is 0 Å². The van der Waals surface area contributed by atoms with Gasteiger partial charge in [-0.15, -0.1) is 11.8 Å². The smallest absolute Gasteiger partial charge is 0.322 e. The lowest BCUT2D eigenvalue weighted by Gasteiger charge is -2.41. The first kappa shape index (κ1) is 23.1. The third kappa shape index (κ3) is 3.82. The van der Waals surface area contributed by atoms with E-state index in [2.05, 4.69) is 0 Å². The van der Waals surface area contributed by atoms with Gasteiger partial charge in [0.25, 0.3) is 0 Å². The monoisotopic (exact) mass is 482 g/mol. The number of rotatable bonds is 6. The third-order valence-electron chi connectivity index (χ3n) is 7.30. The predicted octanol–water partition coefficient (Wildman–Crippen LogP) is 4.00. The van der Waals surface area contributed by atoms with Gasteiger partial charge >= 0.3 is 6.03 Å².